The van der Waals surface area contributed by atoms with Crippen LogP contribution in [0.1, 0.15) is 16.1 Å². The minimum Gasteiger partial charge on any atom is -0.465 e. The third-order valence-electron chi connectivity index (χ3n) is 3.29. The minimum atomic E-state index is -3.75. The number of nitrogens with zero attached hydrogens (tertiary/aromatic N) is 2. The van der Waals surface area contributed by atoms with Crippen molar-refractivity contribution in [3.63, 3.8) is 0 Å². The molecule has 1 aromatic carbocycles. The summed E-state index contributed by atoms with van der Waals surface area (Å²) in [4.78, 5) is 19.7. The SMILES string of the molecule is COC(=O)c1ccc(S(=O)(=O)NC=NCCSCc2csc(NC(=N)N)n2)cc1. The second kappa shape index (κ2) is 10.8. The average Bonchev–Trinajstić information content (AvgIpc) is 3.13. The lowest BCUT2D eigenvalue weighted by Crippen LogP contribution is -2.22. The van der Waals surface area contributed by atoms with Crippen LogP contribution >= 0.6 is 23.1 Å². The molecule has 0 atom stereocenters. The van der Waals surface area contributed by atoms with Crippen molar-refractivity contribution in [1.82, 2.24) is 9.71 Å². The maximum atomic E-state index is 12.2. The van der Waals surface area contributed by atoms with Crippen LogP contribution in [0.5, 0.6) is 0 Å². The summed E-state index contributed by atoms with van der Waals surface area (Å²) in [5.74, 6) is 0.655. The number of carbonyl (C=O) groups is 1. The zero-order valence-corrected chi connectivity index (χ0v) is 17.9. The highest BCUT2D eigenvalue weighted by Crippen LogP contribution is 2.19. The van der Waals surface area contributed by atoms with E-state index in [1.807, 2.05) is 5.38 Å². The van der Waals surface area contributed by atoms with Crippen molar-refractivity contribution in [3.05, 3.63) is 40.9 Å². The lowest BCUT2D eigenvalue weighted by molar-refractivity contribution is 0.0600. The van der Waals surface area contributed by atoms with Gasteiger partial charge in [-0.25, -0.2) is 18.2 Å². The van der Waals surface area contributed by atoms with Crippen molar-refractivity contribution in [2.24, 2.45) is 10.7 Å². The Balaban J connectivity index is 1.73. The maximum Gasteiger partial charge on any atom is 0.337 e. The van der Waals surface area contributed by atoms with Crippen molar-refractivity contribution in [2.45, 2.75) is 10.6 Å². The number of hydrogen-bond acceptors (Lipinski definition) is 9. The van der Waals surface area contributed by atoms with Gasteiger partial charge in [-0.05, 0) is 24.3 Å². The maximum absolute atomic E-state index is 12.2. The Bertz CT molecular complexity index is 973. The van der Waals surface area contributed by atoms with E-state index >= 15 is 0 Å². The van der Waals surface area contributed by atoms with Gasteiger partial charge < -0.3 is 15.8 Å². The third kappa shape index (κ3) is 7.36. The fraction of sp³-hybridized carbons (Fsp3) is 0.250. The van der Waals surface area contributed by atoms with Crippen molar-refractivity contribution in [3.8, 4) is 0 Å². The Morgan fingerprint density at radius 2 is 2.14 bits per heavy atom. The van der Waals surface area contributed by atoms with E-state index in [-0.39, 0.29) is 16.4 Å². The summed E-state index contributed by atoms with van der Waals surface area (Å²) in [6.07, 6.45) is 1.14. The van der Waals surface area contributed by atoms with Crippen molar-refractivity contribution in [1.29, 1.82) is 5.41 Å². The van der Waals surface area contributed by atoms with Crippen LogP contribution in [0.2, 0.25) is 0 Å². The first kappa shape index (κ1) is 22.6. The molecule has 2 aromatic rings. The monoisotopic (exact) mass is 456 g/mol. The fourth-order valence-corrected chi connectivity index (χ4v) is 4.37. The smallest absolute Gasteiger partial charge is 0.337 e. The Labute approximate surface area is 176 Å². The molecule has 0 aliphatic carbocycles. The standard InChI is InChI=1S/C16H20N6O4S3/c1-26-14(23)11-2-4-13(5-3-11)29(24,25)20-10-19-6-7-27-8-12-9-28-16(21-12)22-15(17)18/h2-5,9-10H,6-8H2,1H3,(H,19,20)(H4,17,18,21,22). The van der Waals surface area contributed by atoms with Crippen LogP contribution in [-0.4, -0.2) is 51.1 Å². The summed E-state index contributed by atoms with van der Waals surface area (Å²) in [6, 6.07) is 5.40. The predicted octanol–water partition coefficient (Wildman–Crippen LogP) is 1.48. The predicted molar refractivity (Wildman–Crippen MR) is 115 cm³/mol. The molecule has 0 unspecified atom stereocenters. The summed E-state index contributed by atoms with van der Waals surface area (Å²) in [7, 11) is -2.50. The third-order valence-corrected chi connectivity index (χ3v) is 6.38. The molecule has 0 saturated heterocycles. The van der Waals surface area contributed by atoms with Crippen LogP contribution in [0.4, 0.5) is 5.13 Å². The molecule has 0 aliphatic heterocycles. The first-order valence-electron chi connectivity index (χ1n) is 8.14. The first-order valence-corrected chi connectivity index (χ1v) is 11.7. The molecule has 0 amide bonds. The van der Waals surface area contributed by atoms with Gasteiger partial charge in [0.1, 0.15) is 0 Å². The van der Waals surface area contributed by atoms with Gasteiger partial charge in [0.05, 0.1) is 29.6 Å². The van der Waals surface area contributed by atoms with Crippen LogP contribution in [0, 0.1) is 5.41 Å². The molecule has 1 heterocycles. The number of methoxy groups -OCH3 is 1. The molecule has 0 radical (unpaired) electrons. The van der Waals surface area contributed by atoms with E-state index in [4.69, 9.17) is 11.1 Å². The lowest BCUT2D eigenvalue weighted by atomic mass is 10.2. The molecular formula is C16H20N6O4S3. The minimum absolute atomic E-state index is 0.0180. The number of thiazole rings is 1. The van der Waals surface area contributed by atoms with Gasteiger partial charge in [-0.1, -0.05) is 0 Å². The number of thioether (sulfide) groups is 1. The molecule has 13 heteroatoms. The van der Waals surface area contributed by atoms with Crippen LogP contribution in [-0.2, 0) is 20.5 Å². The summed E-state index contributed by atoms with van der Waals surface area (Å²) >= 11 is 2.96. The molecule has 0 saturated carbocycles. The Kier molecular flexibility index (Phi) is 8.42. The number of nitrogens with two attached hydrogens (primary N) is 1. The highest BCUT2D eigenvalue weighted by molar-refractivity contribution is 7.98. The highest BCUT2D eigenvalue weighted by atomic mass is 32.2. The van der Waals surface area contributed by atoms with Crippen LogP contribution in [0.3, 0.4) is 0 Å². The summed E-state index contributed by atoms with van der Waals surface area (Å²) in [6.45, 7) is 0.428. The number of carbonyl (C=O) groups excluding carboxylic acids is 1. The molecule has 0 bridgehead atoms. The largest absolute Gasteiger partial charge is 0.465 e. The van der Waals surface area contributed by atoms with Crippen molar-refractivity contribution in [2.75, 3.05) is 24.7 Å². The van der Waals surface area contributed by atoms with E-state index in [0.29, 0.717) is 23.2 Å². The number of benzene rings is 1. The lowest BCUT2D eigenvalue weighted by Gasteiger charge is -2.04. The van der Waals surface area contributed by atoms with Crippen LogP contribution in [0.15, 0.2) is 39.5 Å². The van der Waals surface area contributed by atoms with Crippen LogP contribution < -0.4 is 15.8 Å². The van der Waals surface area contributed by atoms with Gasteiger partial charge in [0.2, 0.25) is 0 Å². The number of aliphatic imine (C=N–C) groups is 1. The van der Waals surface area contributed by atoms with E-state index in [9.17, 15) is 13.2 Å². The average molecular weight is 457 g/mol. The molecule has 0 aliphatic rings. The number of esters is 1. The van der Waals surface area contributed by atoms with Gasteiger partial charge in [0.25, 0.3) is 10.0 Å². The summed E-state index contributed by atoms with van der Waals surface area (Å²) in [5.41, 5.74) is 6.37. The highest BCUT2D eigenvalue weighted by Gasteiger charge is 2.13. The first-order chi connectivity index (χ1) is 13.8. The topological polar surface area (TPSA) is 160 Å². The van der Waals surface area contributed by atoms with E-state index in [1.165, 1.54) is 42.7 Å². The number of rotatable bonds is 10. The van der Waals surface area contributed by atoms with Gasteiger partial charge in [0.15, 0.2) is 11.1 Å². The number of ether oxygens (including phenoxy) is 1. The zero-order valence-electron chi connectivity index (χ0n) is 15.4. The van der Waals surface area contributed by atoms with Crippen molar-refractivity contribution >= 4 is 56.5 Å². The van der Waals surface area contributed by atoms with Crippen LogP contribution in [0.25, 0.3) is 0 Å². The Morgan fingerprint density at radius 3 is 2.79 bits per heavy atom. The van der Waals surface area contributed by atoms with E-state index in [0.717, 1.165) is 12.0 Å². The van der Waals surface area contributed by atoms with E-state index in [1.54, 1.807) is 11.8 Å². The fourth-order valence-electron chi connectivity index (χ4n) is 1.97. The zero-order chi connectivity index (χ0) is 21.3. The Hall–Kier alpha value is -2.64. The number of aromatic nitrogens is 1. The molecule has 29 heavy (non-hydrogen) atoms. The van der Waals surface area contributed by atoms with Gasteiger partial charge in [-0.2, -0.15) is 11.8 Å². The van der Waals surface area contributed by atoms with E-state index < -0.39 is 16.0 Å². The summed E-state index contributed by atoms with van der Waals surface area (Å²) < 4.78 is 31.2. The second-order valence-corrected chi connectivity index (χ2v) is 9.09. The van der Waals surface area contributed by atoms with Gasteiger partial charge >= 0.3 is 5.97 Å². The van der Waals surface area contributed by atoms with E-state index in [2.05, 4.69) is 24.8 Å². The molecule has 0 fully saturated rings. The second-order valence-electron chi connectivity index (χ2n) is 5.41. The van der Waals surface area contributed by atoms with Gasteiger partial charge in [0, 0.05) is 23.4 Å². The molecular weight excluding hydrogens is 436 g/mol. The van der Waals surface area contributed by atoms with Crippen molar-refractivity contribution < 1.29 is 17.9 Å². The van der Waals surface area contributed by atoms with Gasteiger partial charge in [-0.15, -0.1) is 11.3 Å². The number of hydrogen-bond donors (Lipinski definition) is 4. The number of nitrogens with one attached hydrogen (secondary N) is 3. The molecule has 2 rings (SSSR count). The quantitative estimate of drug-likeness (QED) is 0.181. The molecule has 10 nitrogen and oxygen atoms in total. The van der Waals surface area contributed by atoms with Gasteiger partial charge in [-0.3, -0.25) is 15.1 Å². The Morgan fingerprint density at radius 1 is 1.41 bits per heavy atom. The normalized spacial score (nSPS) is 11.3. The molecule has 5 N–H and O–H groups in total. The molecule has 0 spiro atoms. The molecule has 1 aromatic heterocycles. The number of guanidine groups is 1. The summed E-state index contributed by atoms with van der Waals surface area (Å²) in [5, 5.41) is 12.2. The number of sulfonamides is 1. The molecule has 156 valence electrons. The number of anilines is 1.